The van der Waals surface area contributed by atoms with Gasteiger partial charge in [0.05, 0.1) is 11.6 Å². The molecule has 1 aromatic rings. The lowest BCUT2D eigenvalue weighted by atomic mass is 9.99. The molecule has 1 saturated heterocycles. The Bertz CT molecular complexity index is 596. The second kappa shape index (κ2) is 6.63. The van der Waals surface area contributed by atoms with E-state index in [-0.39, 0.29) is 6.04 Å². The Hall–Kier alpha value is -1.76. The van der Waals surface area contributed by atoms with Crippen molar-refractivity contribution < 1.29 is 22.7 Å². The topological polar surface area (TPSA) is 41.6 Å². The number of hydrogen-bond acceptors (Lipinski definition) is 3. The summed E-state index contributed by atoms with van der Waals surface area (Å²) in [7, 11) is 0. The highest BCUT2D eigenvalue weighted by Crippen LogP contribution is 2.33. The summed E-state index contributed by atoms with van der Waals surface area (Å²) in [5.74, 6) is 0. The van der Waals surface area contributed by atoms with Gasteiger partial charge in [0.2, 0.25) is 0 Å². The van der Waals surface area contributed by atoms with Crippen LogP contribution in [0.15, 0.2) is 24.3 Å². The fraction of sp³-hybridized carbons (Fsp3) is 0.588. The van der Waals surface area contributed by atoms with Gasteiger partial charge in [0.15, 0.2) is 0 Å². The standard InChI is InChI=1S/C17H23F3N2O2/c1-11-10-22(15(23)24-16(2,3)4)14(9-21-11)12-6-5-7-13(8-12)17(18,19)20/h5-8,11,14,21H,9-10H2,1-4H3/t11-,14?/m1/s1. The summed E-state index contributed by atoms with van der Waals surface area (Å²) in [4.78, 5) is 14.0. The number of rotatable bonds is 1. The van der Waals surface area contributed by atoms with E-state index in [1.54, 1.807) is 26.8 Å². The normalized spacial score (nSPS) is 22.4. The van der Waals surface area contributed by atoms with Crippen molar-refractivity contribution in [1.82, 2.24) is 10.2 Å². The molecule has 1 aliphatic rings. The molecule has 7 heteroatoms. The van der Waals surface area contributed by atoms with Crippen LogP contribution in [0.25, 0.3) is 0 Å². The molecule has 0 saturated carbocycles. The number of piperazine rings is 1. The first kappa shape index (κ1) is 18.6. The number of amides is 1. The third-order valence-corrected chi connectivity index (χ3v) is 3.73. The fourth-order valence-corrected chi connectivity index (χ4v) is 2.65. The van der Waals surface area contributed by atoms with Crippen LogP contribution in [-0.4, -0.2) is 35.7 Å². The largest absolute Gasteiger partial charge is 0.444 e. The summed E-state index contributed by atoms with van der Waals surface area (Å²) in [5.41, 5.74) is -0.943. The summed E-state index contributed by atoms with van der Waals surface area (Å²) < 4.78 is 44.3. The van der Waals surface area contributed by atoms with Crippen LogP contribution in [0.4, 0.5) is 18.0 Å². The van der Waals surface area contributed by atoms with Crippen molar-refractivity contribution in [2.45, 2.75) is 51.6 Å². The molecule has 1 aliphatic heterocycles. The van der Waals surface area contributed by atoms with Gasteiger partial charge >= 0.3 is 12.3 Å². The predicted octanol–water partition coefficient (Wildman–Crippen LogP) is 3.98. The van der Waals surface area contributed by atoms with Crippen LogP contribution in [0.2, 0.25) is 0 Å². The average molecular weight is 344 g/mol. The molecular formula is C17H23F3N2O2. The van der Waals surface area contributed by atoms with Crippen LogP contribution in [0, 0.1) is 0 Å². The van der Waals surface area contributed by atoms with Gasteiger partial charge in [-0.05, 0) is 45.4 Å². The Morgan fingerprint density at radius 3 is 2.54 bits per heavy atom. The molecule has 24 heavy (non-hydrogen) atoms. The van der Waals surface area contributed by atoms with Gasteiger partial charge in [-0.1, -0.05) is 12.1 Å². The summed E-state index contributed by atoms with van der Waals surface area (Å²) in [5, 5.41) is 3.21. The molecule has 0 bridgehead atoms. The molecule has 1 aromatic carbocycles. The molecule has 2 atom stereocenters. The van der Waals surface area contributed by atoms with Crippen molar-refractivity contribution in [3.8, 4) is 0 Å². The number of hydrogen-bond donors (Lipinski definition) is 1. The minimum atomic E-state index is -4.41. The molecule has 0 aliphatic carbocycles. The SMILES string of the molecule is C[C@@H]1CN(C(=O)OC(C)(C)C)C(c2cccc(C(F)(F)F)c2)CN1. The molecule has 1 unspecified atom stereocenters. The van der Waals surface area contributed by atoms with Gasteiger partial charge in [0.1, 0.15) is 5.60 Å². The van der Waals surface area contributed by atoms with Gasteiger partial charge in [-0.3, -0.25) is 4.90 Å². The van der Waals surface area contributed by atoms with Crippen molar-refractivity contribution in [3.05, 3.63) is 35.4 Å². The van der Waals surface area contributed by atoms with Crippen molar-refractivity contribution >= 4 is 6.09 Å². The van der Waals surface area contributed by atoms with Crippen LogP contribution in [0.3, 0.4) is 0 Å². The molecule has 134 valence electrons. The third kappa shape index (κ3) is 4.63. The van der Waals surface area contributed by atoms with Gasteiger partial charge in [-0.25, -0.2) is 4.79 Å². The molecule has 0 radical (unpaired) electrons. The second-order valence-electron chi connectivity index (χ2n) is 7.08. The lowest BCUT2D eigenvalue weighted by molar-refractivity contribution is -0.137. The zero-order valence-corrected chi connectivity index (χ0v) is 14.3. The monoisotopic (exact) mass is 344 g/mol. The molecular weight excluding hydrogens is 321 g/mol. The molecule has 1 N–H and O–H groups in total. The molecule has 2 rings (SSSR count). The second-order valence-corrected chi connectivity index (χ2v) is 7.08. The van der Waals surface area contributed by atoms with Crippen LogP contribution in [-0.2, 0) is 10.9 Å². The van der Waals surface area contributed by atoms with Crippen LogP contribution < -0.4 is 5.32 Å². The number of nitrogens with one attached hydrogen (secondary N) is 1. The van der Waals surface area contributed by atoms with Crippen molar-refractivity contribution in [1.29, 1.82) is 0 Å². The van der Waals surface area contributed by atoms with E-state index >= 15 is 0 Å². The highest BCUT2D eigenvalue weighted by Gasteiger charge is 2.36. The molecule has 1 fully saturated rings. The molecule has 4 nitrogen and oxygen atoms in total. The van der Waals surface area contributed by atoms with E-state index in [9.17, 15) is 18.0 Å². The highest BCUT2D eigenvalue weighted by atomic mass is 19.4. The van der Waals surface area contributed by atoms with E-state index in [1.165, 1.54) is 11.0 Å². The van der Waals surface area contributed by atoms with E-state index in [1.807, 2.05) is 6.92 Å². The Morgan fingerprint density at radius 2 is 1.96 bits per heavy atom. The lowest BCUT2D eigenvalue weighted by Crippen LogP contribution is -2.54. The number of carbonyl (C=O) groups excluding carboxylic acids is 1. The van der Waals surface area contributed by atoms with Gasteiger partial charge in [-0.2, -0.15) is 13.2 Å². The van der Waals surface area contributed by atoms with Crippen molar-refractivity contribution in [2.24, 2.45) is 0 Å². The zero-order valence-electron chi connectivity index (χ0n) is 14.3. The Balaban J connectivity index is 2.30. The zero-order chi connectivity index (χ0) is 18.1. The van der Waals surface area contributed by atoms with Crippen LogP contribution in [0.5, 0.6) is 0 Å². The number of alkyl halides is 3. The quantitative estimate of drug-likeness (QED) is 0.838. The summed E-state index contributed by atoms with van der Waals surface area (Å²) >= 11 is 0. The smallest absolute Gasteiger partial charge is 0.416 e. The van der Waals surface area contributed by atoms with Gasteiger partial charge in [0, 0.05) is 19.1 Å². The van der Waals surface area contributed by atoms with Crippen LogP contribution >= 0.6 is 0 Å². The fourth-order valence-electron chi connectivity index (χ4n) is 2.65. The maximum absolute atomic E-state index is 13.0. The van der Waals surface area contributed by atoms with E-state index in [4.69, 9.17) is 4.74 Å². The van der Waals surface area contributed by atoms with Gasteiger partial charge in [0.25, 0.3) is 0 Å². The number of ether oxygens (including phenoxy) is 1. The predicted molar refractivity (Wildman–Crippen MR) is 84.6 cm³/mol. The Kier molecular flexibility index (Phi) is 5.13. The maximum Gasteiger partial charge on any atom is 0.416 e. The summed E-state index contributed by atoms with van der Waals surface area (Å²) in [6.45, 7) is 7.94. The first-order valence-electron chi connectivity index (χ1n) is 7.87. The Labute approximate surface area is 140 Å². The van der Waals surface area contributed by atoms with E-state index < -0.39 is 29.5 Å². The number of halogens is 3. The number of benzene rings is 1. The lowest BCUT2D eigenvalue weighted by Gasteiger charge is -2.40. The number of nitrogens with zero attached hydrogens (tertiary/aromatic N) is 1. The van der Waals surface area contributed by atoms with E-state index in [0.29, 0.717) is 18.7 Å². The third-order valence-electron chi connectivity index (χ3n) is 3.73. The molecule has 0 aromatic heterocycles. The first-order valence-corrected chi connectivity index (χ1v) is 7.87. The molecule has 1 amide bonds. The van der Waals surface area contributed by atoms with Crippen molar-refractivity contribution in [3.63, 3.8) is 0 Å². The van der Waals surface area contributed by atoms with Gasteiger partial charge in [-0.15, -0.1) is 0 Å². The van der Waals surface area contributed by atoms with E-state index in [2.05, 4.69) is 5.32 Å². The molecule has 0 spiro atoms. The summed E-state index contributed by atoms with van der Waals surface area (Å²) in [6, 6.07) is 4.64. The van der Waals surface area contributed by atoms with Crippen molar-refractivity contribution in [2.75, 3.05) is 13.1 Å². The first-order chi connectivity index (χ1) is 11.0. The average Bonchev–Trinajstić information content (AvgIpc) is 2.44. The highest BCUT2D eigenvalue weighted by molar-refractivity contribution is 5.69. The van der Waals surface area contributed by atoms with Crippen LogP contribution in [0.1, 0.15) is 44.9 Å². The van der Waals surface area contributed by atoms with E-state index in [0.717, 1.165) is 12.1 Å². The minimum absolute atomic E-state index is 0.0413. The Morgan fingerprint density at radius 1 is 1.29 bits per heavy atom. The summed E-state index contributed by atoms with van der Waals surface area (Å²) in [6.07, 6.45) is -4.93. The van der Waals surface area contributed by atoms with Gasteiger partial charge < -0.3 is 10.1 Å². The number of carbonyl (C=O) groups is 1. The maximum atomic E-state index is 13.0. The minimum Gasteiger partial charge on any atom is -0.444 e. The molecule has 1 heterocycles.